The first-order chi connectivity index (χ1) is 9.72. The second-order valence-corrected chi connectivity index (χ2v) is 5.20. The van der Waals surface area contributed by atoms with Gasteiger partial charge in [0.1, 0.15) is 0 Å². The molecule has 6 nitrogen and oxygen atoms in total. The smallest absolute Gasteiger partial charge is 0.273 e. The summed E-state index contributed by atoms with van der Waals surface area (Å²) in [6.07, 6.45) is 5.55. The van der Waals surface area contributed by atoms with Crippen molar-refractivity contribution in [3.63, 3.8) is 0 Å². The first-order valence-electron chi connectivity index (χ1n) is 6.76. The number of nitrogens with zero attached hydrogens (tertiary/aromatic N) is 1. The highest BCUT2D eigenvalue weighted by Crippen LogP contribution is 2.29. The minimum atomic E-state index is -0.291. The quantitative estimate of drug-likeness (QED) is 0.889. The van der Waals surface area contributed by atoms with Crippen molar-refractivity contribution in [3.05, 3.63) is 30.2 Å². The van der Waals surface area contributed by atoms with E-state index in [-0.39, 0.29) is 17.1 Å². The van der Waals surface area contributed by atoms with Crippen molar-refractivity contribution in [1.82, 2.24) is 10.5 Å². The van der Waals surface area contributed by atoms with Gasteiger partial charge in [0.25, 0.3) is 5.91 Å². The van der Waals surface area contributed by atoms with Gasteiger partial charge in [0.05, 0.1) is 11.8 Å². The van der Waals surface area contributed by atoms with Gasteiger partial charge >= 0.3 is 0 Å². The van der Waals surface area contributed by atoms with Gasteiger partial charge < -0.3 is 20.0 Å². The van der Waals surface area contributed by atoms with E-state index < -0.39 is 0 Å². The highest BCUT2D eigenvalue weighted by molar-refractivity contribution is 5.93. The van der Waals surface area contributed by atoms with Gasteiger partial charge in [-0.25, -0.2) is 0 Å². The van der Waals surface area contributed by atoms with Crippen molar-refractivity contribution < 1.29 is 13.7 Å². The number of amides is 1. The molecule has 3 N–H and O–H groups in total. The number of hydrogen-bond acceptors (Lipinski definition) is 5. The van der Waals surface area contributed by atoms with Crippen LogP contribution >= 0.6 is 0 Å². The molecule has 0 atom stereocenters. The predicted octanol–water partition coefficient (Wildman–Crippen LogP) is 1.94. The third kappa shape index (κ3) is 2.34. The first-order valence-corrected chi connectivity index (χ1v) is 6.76. The van der Waals surface area contributed by atoms with Crippen molar-refractivity contribution in [2.75, 3.05) is 6.54 Å². The van der Waals surface area contributed by atoms with E-state index in [0.717, 1.165) is 25.7 Å². The van der Waals surface area contributed by atoms with E-state index in [9.17, 15) is 4.79 Å². The Kier molecular flexibility index (Phi) is 3.31. The van der Waals surface area contributed by atoms with Crippen LogP contribution in [0.4, 0.5) is 0 Å². The Bertz CT molecular complexity index is 583. The molecule has 0 aromatic carbocycles. The molecular formula is C14H17N3O3. The molecule has 0 aliphatic heterocycles. The Hall–Kier alpha value is -2.08. The lowest BCUT2D eigenvalue weighted by Crippen LogP contribution is -2.51. The average Bonchev–Trinajstić information content (AvgIpc) is 3.19. The van der Waals surface area contributed by atoms with Crippen LogP contribution in [0.3, 0.4) is 0 Å². The number of furan rings is 1. The van der Waals surface area contributed by atoms with Crippen LogP contribution in [0.2, 0.25) is 0 Å². The maximum atomic E-state index is 12.2. The topological polar surface area (TPSA) is 94.3 Å². The summed E-state index contributed by atoms with van der Waals surface area (Å²) in [4.78, 5) is 12.2. The van der Waals surface area contributed by atoms with Crippen LogP contribution in [0, 0.1) is 0 Å². The molecule has 2 aromatic rings. The zero-order valence-corrected chi connectivity index (χ0v) is 11.1. The van der Waals surface area contributed by atoms with Crippen LogP contribution in [0.15, 0.2) is 33.4 Å². The number of carbonyl (C=O) groups is 1. The van der Waals surface area contributed by atoms with E-state index >= 15 is 0 Å². The Morgan fingerprint density at radius 3 is 2.85 bits per heavy atom. The number of carbonyl (C=O) groups excluding carboxylic acids is 1. The van der Waals surface area contributed by atoms with Crippen LogP contribution in [0.25, 0.3) is 11.5 Å². The Balaban J connectivity index is 1.74. The molecule has 1 aliphatic rings. The van der Waals surface area contributed by atoms with Crippen molar-refractivity contribution in [2.45, 2.75) is 31.2 Å². The van der Waals surface area contributed by atoms with Gasteiger partial charge in [-0.3, -0.25) is 4.79 Å². The molecule has 2 aromatic heterocycles. The highest BCUT2D eigenvalue weighted by atomic mass is 16.5. The lowest BCUT2D eigenvalue weighted by atomic mass is 9.97. The Morgan fingerprint density at radius 1 is 1.40 bits per heavy atom. The second kappa shape index (κ2) is 5.13. The molecule has 0 saturated heterocycles. The molecule has 0 spiro atoms. The predicted molar refractivity (Wildman–Crippen MR) is 71.9 cm³/mol. The van der Waals surface area contributed by atoms with Gasteiger partial charge in [0.15, 0.2) is 11.5 Å². The fraction of sp³-hybridized carbons (Fsp3) is 0.429. The molecule has 0 bridgehead atoms. The summed E-state index contributed by atoms with van der Waals surface area (Å²) in [7, 11) is 0. The molecule has 1 fully saturated rings. The van der Waals surface area contributed by atoms with E-state index in [1.54, 1.807) is 24.5 Å². The van der Waals surface area contributed by atoms with Crippen molar-refractivity contribution in [3.8, 4) is 11.5 Å². The summed E-state index contributed by atoms with van der Waals surface area (Å²) in [5.41, 5.74) is 5.76. The summed E-state index contributed by atoms with van der Waals surface area (Å²) in [6, 6.07) is 5.08. The zero-order chi connectivity index (χ0) is 14.0. The molecule has 0 radical (unpaired) electrons. The van der Waals surface area contributed by atoms with E-state index in [2.05, 4.69) is 10.5 Å². The summed E-state index contributed by atoms with van der Waals surface area (Å²) < 4.78 is 10.3. The standard InChI is InChI=1S/C14H17N3O3/c15-9-14(5-1-2-6-14)16-13(18)10-8-12(20-17-10)11-4-3-7-19-11/h3-4,7-8H,1-2,5-6,9,15H2,(H,16,18). The van der Waals surface area contributed by atoms with Crippen LogP contribution in [-0.4, -0.2) is 23.1 Å². The summed E-state index contributed by atoms with van der Waals surface area (Å²) in [5.74, 6) is 0.734. The van der Waals surface area contributed by atoms with E-state index in [1.807, 2.05) is 0 Å². The van der Waals surface area contributed by atoms with Gasteiger partial charge in [-0.2, -0.15) is 0 Å². The Morgan fingerprint density at radius 2 is 2.20 bits per heavy atom. The molecule has 20 heavy (non-hydrogen) atoms. The highest BCUT2D eigenvalue weighted by Gasteiger charge is 2.34. The van der Waals surface area contributed by atoms with Gasteiger partial charge in [-0.15, -0.1) is 0 Å². The molecule has 1 saturated carbocycles. The molecule has 1 aliphatic carbocycles. The summed E-state index contributed by atoms with van der Waals surface area (Å²) >= 11 is 0. The largest absolute Gasteiger partial charge is 0.461 e. The maximum absolute atomic E-state index is 12.2. The lowest BCUT2D eigenvalue weighted by Gasteiger charge is -2.28. The second-order valence-electron chi connectivity index (χ2n) is 5.20. The van der Waals surface area contributed by atoms with Crippen LogP contribution < -0.4 is 11.1 Å². The van der Waals surface area contributed by atoms with Crippen molar-refractivity contribution in [1.29, 1.82) is 0 Å². The van der Waals surface area contributed by atoms with Gasteiger partial charge in [-0.05, 0) is 25.0 Å². The minimum Gasteiger partial charge on any atom is -0.461 e. The lowest BCUT2D eigenvalue weighted by molar-refractivity contribution is 0.0894. The number of rotatable bonds is 4. The van der Waals surface area contributed by atoms with Crippen LogP contribution in [-0.2, 0) is 0 Å². The van der Waals surface area contributed by atoms with Gasteiger partial charge in [0, 0.05) is 12.6 Å². The monoisotopic (exact) mass is 275 g/mol. The van der Waals surface area contributed by atoms with E-state index in [0.29, 0.717) is 18.1 Å². The first kappa shape index (κ1) is 12.9. The number of nitrogens with one attached hydrogen (secondary N) is 1. The minimum absolute atomic E-state index is 0.246. The fourth-order valence-electron chi connectivity index (χ4n) is 2.65. The van der Waals surface area contributed by atoms with Gasteiger partial charge in [0.2, 0.25) is 5.76 Å². The molecule has 2 heterocycles. The SMILES string of the molecule is NCC1(NC(=O)c2cc(-c3ccco3)on2)CCCC1. The average molecular weight is 275 g/mol. The molecule has 1 amide bonds. The normalized spacial score (nSPS) is 17.2. The van der Waals surface area contributed by atoms with Crippen molar-refractivity contribution in [2.24, 2.45) is 5.73 Å². The van der Waals surface area contributed by atoms with Crippen LogP contribution in [0.1, 0.15) is 36.2 Å². The van der Waals surface area contributed by atoms with Crippen LogP contribution in [0.5, 0.6) is 0 Å². The summed E-state index contributed by atoms with van der Waals surface area (Å²) in [6.45, 7) is 0.446. The zero-order valence-electron chi connectivity index (χ0n) is 11.1. The third-order valence-corrected chi connectivity index (χ3v) is 3.84. The molecular weight excluding hydrogens is 258 g/mol. The number of aromatic nitrogens is 1. The molecule has 0 unspecified atom stereocenters. The fourth-order valence-corrected chi connectivity index (χ4v) is 2.65. The molecule has 6 heteroatoms. The number of hydrogen-bond donors (Lipinski definition) is 2. The van der Waals surface area contributed by atoms with Gasteiger partial charge in [-0.1, -0.05) is 18.0 Å². The van der Waals surface area contributed by atoms with E-state index in [1.165, 1.54) is 0 Å². The van der Waals surface area contributed by atoms with Crippen molar-refractivity contribution >= 4 is 5.91 Å². The maximum Gasteiger partial charge on any atom is 0.273 e. The molecule has 106 valence electrons. The summed E-state index contributed by atoms with van der Waals surface area (Å²) in [5, 5.41) is 6.79. The van der Waals surface area contributed by atoms with E-state index in [4.69, 9.17) is 14.7 Å². The third-order valence-electron chi connectivity index (χ3n) is 3.84. The number of nitrogens with two attached hydrogens (primary N) is 1. The molecule has 3 rings (SSSR count). The Labute approximate surface area is 116 Å².